The van der Waals surface area contributed by atoms with Crippen LogP contribution in [0.1, 0.15) is 113 Å². The second-order valence-electron chi connectivity index (χ2n) is 19.2. The van der Waals surface area contributed by atoms with Crippen molar-refractivity contribution in [3.8, 4) is 11.1 Å². The number of halogens is 2. The molecule has 3 aromatic rings. The zero-order valence-corrected chi connectivity index (χ0v) is 39.2. The molecule has 3 heteroatoms. The molecule has 3 atom stereocenters. The van der Waals surface area contributed by atoms with Crippen molar-refractivity contribution in [2.45, 2.75) is 102 Å². The van der Waals surface area contributed by atoms with Crippen molar-refractivity contribution >= 4 is 11.6 Å². The van der Waals surface area contributed by atoms with Crippen LogP contribution in [0.2, 0.25) is 0 Å². The van der Waals surface area contributed by atoms with E-state index in [1.165, 1.54) is 78.5 Å². The van der Waals surface area contributed by atoms with Crippen LogP contribution >= 0.6 is 0 Å². The number of hydrogen-bond acceptors (Lipinski definition) is 0. The van der Waals surface area contributed by atoms with Crippen molar-refractivity contribution in [2.24, 2.45) is 38.9 Å². The first-order valence-corrected chi connectivity index (χ1v) is 21.2. The predicted octanol–water partition coefficient (Wildman–Crippen LogP) is 7.24. The molecule has 0 nitrogen and oxygen atoms in total. The molecule has 0 amide bonds. The van der Waals surface area contributed by atoms with Crippen LogP contribution in [0.25, 0.3) is 22.8 Å². The quantitative estimate of drug-likeness (QED) is 0.164. The van der Waals surface area contributed by atoms with Gasteiger partial charge < -0.3 is 24.8 Å². The van der Waals surface area contributed by atoms with Crippen LogP contribution in [-0.4, -0.2) is 0 Å². The summed E-state index contributed by atoms with van der Waals surface area (Å²) in [6.07, 6.45) is 18.5. The molecule has 288 valence electrons. The molecule has 0 heterocycles. The van der Waals surface area contributed by atoms with Crippen molar-refractivity contribution in [3.05, 3.63) is 150 Å². The van der Waals surface area contributed by atoms with Gasteiger partial charge in [-0.1, -0.05) is 152 Å². The van der Waals surface area contributed by atoms with Gasteiger partial charge in [0.1, 0.15) is 0 Å². The Balaban J connectivity index is 0.000000185. The Bertz CT molecular complexity index is 2250. The Morgan fingerprint density at radius 1 is 0.800 bits per heavy atom. The Morgan fingerprint density at radius 2 is 1.44 bits per heavy atom. The molecule has 9 rings (SSSR count). The average Bonchev–Trinajstić information content (AvgIpc) is 3.84. The third-order valence-corrected chi connectivity index (χ3v) is 16.3. The molecule has 0 spiro atoms. The van der Waals surface area contributed by atoms with E-state index in [0.717, 1.165) is 6.42 Å². The van der Waals surface area contributed by atoms with Crippen LogP contribution in [0.4, 0.5) is 0 Å². The molecule has 6 aliphatic rings. The molecule has 6 aliphatic carbocycles. The van der Waals surface area contributed by atoms with Crippen molar-refractivity contribution in [2.75, 3.05) is 0 Å². The molecule has 3 aromatic carbocycles. The second-order valence-corrected chi connectivity index (χ2v) is 20.5. The standard InChI is InChI=1S/C29H37.C13H8.C10H15.2ClH.Zr/c1-18-25-22-17-19-13-9-10-14-20(19)24(22)21-15-11-12-16-23(21)29(25,8)28(6,7)27(4,5)26(18,2)3;1-3-7-12-10(5-1)9-11-6-2-4-8-13(11)12;1-8-5-6-9(7-8)10(2,3)4;;;/h9-11,13-15,23H,12,16-17H2,1-8H3;1-5,7-9H;6-8H,1-4H3;2*1H;/q-1;;-1;;;+2/p-2. The summed E-state index contributed by atoms with van der Waals surface area (Å²) in [5.41, 5.74) is 16.2. The number of benzene rings is 3. The van der Waals surface area contributed by atoms with Gasteiger partial charge in [0.05, 0.1) is 0 Å². The van der Waals surface area contributed by atoms with E-state index in [2.05, 4.69) is 186 Å². The van der Waals surface area contributed by atoms with Crippen molar-refractivity contribution in [1.82, 2.24) is 0 Å². The maximum atomic E-state index is 3.26. The van der Waals surface area contributed by atoms with Gasteiger partial charge in [0, 0.05) is 0 Å². The molecule has 1 fully saturated rings. The molecule has 0 N–H and O–H groups in total. The summed E-state index contributed by atoms with van der Waals surface area (Å²) in [4.78, 5) is 0. The van der Waals surface area contributed by atoms with Crippen LogP contribution in [0.3, 0.4) is 0 Å². The first kappa shape index (κ1) is 43.7. The summed E-state index contributed by atoms with van der Waals surface area (Å²) < 4.78 is 1.45. The molecule has 0 radical (unpaired) electrons. The molecule has 0 aromatic heterocycles. The van der Waals surface area contributed by atoms with Gasteiger partial charge >= 0.3 is 97.5 Å². The van der Waals surface area contributed by atoms with Crippen molar-refractivity contribution < 1.29 is 49.0 Å². The van der Waals surface area contributed by atoms with Gasteiger partial charge in [-0.3, -0.25) is 6.08 Å². The molecule has 1 saturated carbocycles. The van der Waals surface area contributed by atoms with E-state index >= 15 is 0 Å². The Morgan fingerprint density at radius 3 is 2.07 bits per heavy atom. The van der Waals surface area contributed by atoms with Gasteiger partial charge in [-0.15, -0.1) is 6.92 Å². The van der Waals surface area contributed by atoms with Gasteiger partial charge in [0.2, 0.25) is 0 Å². The summed E-state index contributed by atoms with van der Waals surface area (Å²) in [6.45, 7) is 29.2. The van der Waals surface area contributed by atoms with Gasteiger partial charge in [-0.25, -0.2) is 12.0 Å². The Labute approximate surface area is 360 Å². The van der Waals surface area contributed by atoms with Gasteiger partial charge in [0.25, 0.3) is 0 Å². The first-order valence-electron chi connectivity index (χ1n) is 20.0. The number of allylic oxidation sites excluding steroid dienone is 10. The fourth-order valence-corrected chi connectivity index (χ4v) is 11.3. The van der Waals surface area contributed by atoms with Crippen LogP contribution in [0.15, 0.2) is 113 Å². The monoisotopic (exact) mass is 844 g/mol. The number of hydrogen-bond donors (Lipinski definition) is 0. The molecule has 55 heavy (non-hydrogen) atoms. The summed E-state index contributed by atoms with van der Waals surface area (Å²) in [5, 5.41) is 1.42. The number of rotatable bonds is 0. The fourth-order valence-electron chi connectivity index (χ4n) is 10.6. The SMILES string of the molecule is CC1[C-]=CC(C(C)(C)C)=C1.C[C-]1C2=C3Cc4ccccc4C3=C3C=CCCC3C2(C)C(C)(C)C(C)(C)C1(C)C.[Cl-].[Cl-].[Zr+2]=[c]1cccc2c1=Cc1ccccc1-2. The van der Waals surface area contributed by atoms with Gasteiger partial charge in [-0.05, 0) is 40.6 Å². The Hall–Kier alpha value is -2.44. The number of fused-ring (bicyclic) bond motifs is 9. The Kier molecular flexibility index (Phi) is 12.2. The minimum atomic E-state index is 0. The van der Waals surface area contributed by atoms with Crippen LogP contribution in [0, 0.1) is 53.8 Å². The summed E-state index contributed by atoms with van der Waals surface area (Å²) in [7, 11) is 0. The van der Waals surface area contributed by atoms with E-state index < -0.39 is 0 Å². The molecule has 3 unspecified atom stereocenters. The average molecular weight is 847 g/mol. The third kappa shape index (κ3) is 6.79. The topological polar surface area (TPSA) is 0 Å². The normalized spacial score (nSPS) is 25.1. The van der Waals surface area contributed by atoms with E-state index in [1.54, 1.807) is 28.2 Å². The van der Waals surface area contributed by atoms with E-state index in [-0.39, 0.29) is 46.5 Å². The maximum absolute atomic E-state index is 3.26. The molecule has 0 bridgehead atoms. The summed E-state index contributed by atoms with van der Waals surface area (Å²) >= 11 is 1.49. The summed E-state index contributed by atoms with van der Waals surface area (Å²) in [6, 6.07) is 24.3. The van der Waals surface area contributed by atoms with E-state index in [1.807, 2.05) is 0 Å². The zero-order chi connectivity index (χ0) is 38.3. The molecular weight excluding hydrogens is 787 g/mol. The van der Waals surface area contributed by atoms with Crippen LogP contribution in [-0.2, 0) is 30.7 Å². The van der Waals surface area contributed by atoms with Gasteiger partial charge in [0.15, 0.2) is 0 Å². The fraction of sp³-hybridized carbons (Fsp3) is 0.423. The molecule has 0 aliphatic heterocycles. The summed E-state index contributed by atoms with van der Waals surface area (Å²) in [5.74, 6) is 2.76. The van der Waals surface area contributed by atoms with Gasteiger partial charge in [-0.2, -0.15) is 22.8 Å². The van der Waals surface area contributed by atoms with E-state index in [9.17, 15) is 0 Å². The van der Waals surface area contributed by atoms with E-state index in [0.29, 0.717) is 17.3 Å². The zero-order valence-electron chi connectivity index (χ0n) is 35.3. The second kappa shape index (κ2) is 15.4. The van der Waals surface area contributed by atoms with Crippen LogP contribution < -0.4 is 30.0 Å². The third-order valence-electron chi connectivity index (χ3n) is 15.2. The molecule has 0 saturated heterocycles. The van der Waals surface area contributed by atoms with Crippen molar-refractivity contribution in [3.63, 3.8) is 0 Å². The van der Waals surface area contributed by atoms with Crippen molar-refractivity contribution in [1.29, 1.82) is 0 Å². The van der Waals surface area contributed by atoms with Crippen LogP contribution in [0.5, 0.6) is 0 Å². The molecular formula is C52H60Cl2Zr-2. The first-order chi connectivity index (χ1) is 24.8. The predicted molar refractivity (Wildman–Crippen MR) is 223 cm³/mol. The minimum absolute atomic E-state index is 0. The van der Waals surface area contributed by atoms with E-state index in [4.69, 9.17) is 0 Å².